The first kappa shape index (κ1) is 25.5. The number of aliphatic hydroxyl groups is 4. The summed E-state index contributed by atoms with van der Waals surface area (Å²) in [6.45, 7) is 3.59. The summed E-state index contributed by atoms with van der Waals surface area (Å²) >= 11 is 0. The molecule has 0 aromatic heterocycles. The molecule has 11 nitrogen and oxygen atoms in total. The molecule has 6 N–H and O–H groups in total. The molecular weight excluding hydrogens is 472 g/mol. The van der Waals surface area contributed by atoms with Gasteiger partial charge >= 0.3 is 0 Å². The molecule has 1 fully saturated rings. The fraction of sp³-hybridized carbons (Fsp3) is 0.440. The van der Waals surface area contributed by atoms with Gasteiger partial charge in [0.05, 0.1) is 22.9 Å². The van der Waals surface area contributed by atoms with Crippen molar-refractivity contribution in [1.82, 2.24) is 4.90 Å². The van der Waals surface area contributed by atoms with Gasteiger partial charge in [0.2, 0.25) is 11.7 Å². The molecule has 1 saturated carbocycles. The minimum Gasteiger partial charge on any atom is -0.508 e. The molecular formula is C25H28N2O9. The average Bonchev–Trinajstić information content (AvgIpc) is 2.75. The average molecular weight is 501 g/mol. The number of fused-ring (bicyclic) bond motifs is 3. The first-order valence-electron chi connectivity index (χ1n) is 11.3. The molecule has 0 heterocycles. The Morgan fingerprint density at radius 3 is 2.22 bits per heavy atom. The number of hydrogen-bond acceptors (Lipinski definition) is 10. The molecule has 36 heavy (non-hydrogen) atoms. The maximum atomic E-state index is 13.9. The summed E-state index contributed by atoms with van der Waals surface area (Å²) in [4.78, 5) is 52.3. The number of carbonyl (C=O) groups is 4. The molecule has 0 aliphatic heterocycles. The van der Waals surface area contributed by atoms with E-state index in [4.69, 9.17) is 0 Å². The van der Waals surface area contributed by atoms with Gasteiger partial charge in [-0.15, -0.1) is 0 Å². The van der Waals surface area contributed by atoms with E-state index in [1.807, 2.05) is 0 Å². The lowest BCUT2D eigenvalue weighted by Crippen LogP contribution is -2.66. The van der Waals surface area contributed by atoms with Crippen molar-refractivity contribution in [1.29, 1.82) is 0 Å². The number of nitrogens with one attached hydrogen (secondary N) is 1. The summed E-state index contributed by atoms with van der Waals surface area (Å²) in [7, 11) is 3.04. The number of likely N-dealkylation sites (N-methyl/N-ethyl adjacent to an activating group) is 1. The Balaban J connectivity index is 2.03. The Kier molecular flexibility index (Phi) is 5.67. The van der Waals surface area contributed by atoms with Gasteiger partial charge in [-0.3, -0.25) is 24.1 Å². The third kappa shape index (κ3) is 3.16. The van der Waals surface area contributed by atoms with Gasteiger partial charge < -0.3 is 30.8 Å². The predicted octanol–water partition coefficient (Wildman–Crippen LogP) is 0.691. The van der Waals surface area contributed by atoms with Crippen LogP contribution in [0.25, 0.3) is 5.76 Å². The number of rotatable bonds is 3. The Morgan fingerprint density at radius 2 is 1.69 bits per heavy atom. The Morgan fingerprint density at radius 1 is 1.08 bits per heavy atom. The molecule has 1 amide bonds. The molecule has 1 aromatic carbocycles. The van der Waals surface area contributed by atoms with E-state index in [2.05, 4.69) is 5.32 Å². The van der Waals surface area contributed by atoms with E-state index in [-0.39, 0.29) is 23.2 Å². The van der Waals surface area contributed by atoms with Gasteiger partial charge in [-0.2, -0.15) is 0 Å². The molecule has 3 aliphatic carbocycles. The number of hydrogen-bond donors (Lipinski definition) is 6. The molecule has 5 atom stereocenters. The number of aromatic hydroxyl groups is 1. The van der Waals surface area contributed by atoms with Crippen molar-refractivity contribution in [2.45, 2.75) is 44.4 Å². The number of anilines is 1. The van der Waals surface area contributed by atoms with Crippen LogP contribution in [0.15, 0.2) is 29.0 Å². The molecule has 0 bridgehead atoms. The van der Waals surface area contributed by atoms with Crippen molar-refractivity contribution in [3.05, 3.63) is 40.2 Å². The first-order valence-corrected chi connectivity index (χ1v) is 11.3. The minimum absolute atomic E-state index is 0.0614. The van der Waals surface area contributed by atoms with Gasteiger partial charge in [0.15, 0.2) is 17.2 Å². The minimum atomic E-state index is -2.75. The molecule has 0 unspecified atom stereocenters. The summed E-state index contributed by atoms with van der Waals surface area (Å²) in [5.74, 6) is -8.20. The first-order chi connectivity index (χ1) is 16.6. The third-order valence-corrected chi connectivity index (χ3v) is 7.57. The molecule has 3 aliphatic rings. The highest BCUT2D eigenvalue weighted by atomic mass is 16.3. The zero-order valence-corrected chi connectivity index (χ0v) is 20.4. The number of ketones is 3. The summed E-state index contributed by atoms with van der Waals surface area (Å²) < 4.78 is 0. The maximum Gasteiger partial charge on any atom is 0.221 e. The number of benzene rings is 1. The van der Waals surface area contributed by atoms with Crippen molar-refractivity contribution in [2.24, 2.45) is 11.8 Å². The molecule has 11 heteroatoms. The third-order valence-electron chi connectivity index (χ3n) is 7.57. The molecule has 4 rings (SSSR count). The van der Waals surface area contributed by atoms with Gasteiger partial charge in [0, 0.05) is 24.3 Å². The van der Waals surface area contributed by atoms with Gasteiger partial charge in [-0.1, -0.05) is 6.07 Å². The number of aliphatic hydroxyl groups excluding tert-OH is 2. The van der Waals surface area contributed by atoms with E-state index in [1.54, 1.807) is 0 Å². The second kappa shape index (κ2) is 7.99. The molecule has 0 radical (unpaired) electrons. The van der Waals surface area contributed by atoms with Gasteiger partial charge in [0.1, 0.15) is 22.8 Å². The van der Waals surface area contributed by atoms with E-state index in [0.29, 0.717) is 0 Å². The van der Waals surface area contributed by atoms with Crippen LogP contribution in [-0.4, -0.2) is 79.4 Å². The normalized spacial score (nSPS) is 31.7. The van der Waals surface area contributed by atoms with Crippen LogP contribution in [0.2, 0.25) is 0 Å². The van der Waals surface area contributed by atoms with E-state index in [1.165, 1.54) is 45.0 Å². The lowest BCUT2D eigenvalue weighted by molar-refractivity contribution is -0.159. The van der Waals surface area contributed by atoms with Crippen LogP contribution in [0, 0.1) is 11.8 Å². The second-order valence-corrected chi connectivity index (χ2v) is 10.0. The Bertz CT molecular complexity index is 1310. The maximum absolute atomic E-state index is 13.9. The summed E-state index contributed by atoms with van der Waals surface area (Å²) in [5.41, 5.74) is -6.14. The van der Waals surface area contributed by atoms with Crippen LogP contribution in [0.1, 0.15) is 38.3 Å². The zero-order chi connectivity index (χ0) is 27.1. The monoisotopic (exact) mass is 500 g/mol. The number of Topliss-reactive ketones (excluding diaryl/α,β-unsaturated/α-hetero) is 3. The standard InChI is InChI=1S/C25H28N2O9/c1-9(28)15-21(32)18(27(4)5)13-8-12-17(23(34)25(13,36)22(15)33)20(31)16-11(24(12,3)35)6-7-14(19(16)30)26-10(2)29/h6-7,12-13,18,30-31,33,35-36H,8H2,1-5H3,(H,26,29)/t12-,13-,18-,24+,25+/m0/s1. The van der Waals surface area contributed by atoms with E-state index in [0.717, 1.165) is 6.92 Å². The Labute approximate surface area is 206 Å². The van der Waals surface area contributed by atoms with Crippen LogP contribution >= 0.6 is 0 Å². The molecule has 0 spiro atoms. The van der Waals surface area contributed by atoms with Crippen LogP contribution in [0.5, 0.6) is 5.75 Å². The SMILES string of the molecule is CC(=O)Nc1ccc2c(c1O)C(O)=C1C(=O)[C@]3(O)C(O)=C(C(C)=O)C(=O)[C@@H](N(C)C)[C@@H]3C[C@@H]1[C@]2(C)O. The Hall–Kier alpha value is -3.54. The van der Waals surface area contributed by atoms with E-state index in [9.17, 15) is 44.7 Å². The van der Waals surface area contributed by atoms with Crippen molar-refractivity contribution in [3.8, 4) is 5.75 Å². The number of nitrogens with zero attached hydrogens (tertiary/aromatic N) is 1. The highest BCUT2D eigenvalue weighted by Crippen LogP contribution is 2.57. The van der Waals surface area contributed by atoms with Gasteiger partial charge in [0.25, 0.3) is 0 Å². The highest BCUT2D eigenvalue weighted by Gasteiger charge is 2.66. The van der Waals surface area contributed by atoms with Crippen molar-refractivity contribution >= 4 is 34.7 Å². The van der Waals surface area contributed by atoms with Crippen LogP contribution in [0.4, 0.5) is 5.69 Å². The van der Waals surface area contributed by atoms with Crippen LogP contribution < -0.4 is 5.32 Å². The van der Waals surface area contributed by atoms with Gasteiger partial charge in [-0.05, 0) is 46.0 Å². The topological polar surface area (TPSA) is 185 Å². The van der Waals surface area contributed by atoms with Crippen LogP contribution in [-0.2, 0) is 24.8 Å². The lowest BCUT2D eigenvalue weighted by Gasteiger charge is -2.53. The predicted molar refractivity (Wildman–Crippen MR) is 126 cm³/mol. The summed E-state index contributed by atoms with van der Waals surface area (Å²) in [6, 6.07) is 1.54. The lowest BCUT2D eigenvalue weighted by atomic mass is 9.54. The fourth-order valence-electron chi connectivity index (χ4n) is 5.94. The number of amides is 1. The number of carbonyl (C=O) groups excluding carboxylic acids is 4. The van der Waals surface area contributed by atoms with E-state index < -0.39 is 80.8 Å². The molecule has 0 saturated heterocycles. The second-order valence-electron chi connectivity index (χ2n) is 10.0. The zero-order valence-electron chi connectivity index (χ0n) is 20.4. The number of phenolic OH excluding ortho intramolecular Hbond substituents is 1. The van der Waals surface area contributed by atoms with Crippen molar-refractivity contribution in [3.63, 3.8) is 0 Å². The van der Waals surface area contributed by atoms with Crippen molar-refractivity contribution < 1.29 is 44.7 Å². The quantitative estimate of drug-likeness (QED) is 0.255. The van der Waals surface area contributed by atoms with Crippen LogP contribution in [0.3, 0.4) is 0 Å². The summed E-state index contributed by atoms with van der Waals surface area (Å²) in [5, 5.41) is 58.6. The molecule has 192 valence electrons. The van der Waals surface area contributed by atoms with Gasteiger partial charge in [-0.25, -0.2) is 0 Å². The number of phenols is 1. The fourth-order valence-corrected chi connectivity index (χ4v) is 5.94. The van der Waals surface area contributed by atoms with E-state index >= 15 is 0 Å². The largest absolute Gasteiger partial charge is 0.508 e. The summed E-state index contributed by atoms with van der Waals surface area (Å²) in [6.07, 6.45) is -0.230. The van der Waals surface area contributed by atoms with Crippen molar-refractivity contribution in [2.75, 3.05) is 19.4 Å². The highest BCUT2D eigenvalue weighted by molar-refractivity contribution is 6.25. The molecule has 1 aromatic rings. The smallest absolute Gasteiger partial charge is 0.221 e.